The molecule has 0 aromatic carbocycles. The van der Waals surface area contributed by atoms with E-state index in [-0.39, 0.29) is 5.91 Å². The van der Waals surface area contributed by atoms with Crippen molar-refractivity contribution in [3.63, 3.8) is 0 Å². The third-order valence-corrected chi connectivity index (χ3v) is 4.39. The number of hydrogen-bond acceptors (Lipinski definition) is 5. The maximum absolute atomic E-state index is 12.0. The van der Waals surface area contributed by atoms with Crippen molar-refractivity contribution in [2.75, 3.05) is 30.3 Å². The van der Waals surface area contributed by atoms with Crippen LogP contribution in [0.25, 0.3) is 0 Å². The number of hydrogen-bond donors (Lipinski definition) is 2. The van der Waals surface area contributed by atoms with Crippen molar-refractivity contribution in [3.05, 3.63) is 4.88 Å². The Bertz CT molecular complexity index is 500. The molecule has 0 spiro atoms. The lowest BCUT2D eigenvalue weighted by atomic mass is 10.1. The van der Waals surface area contributed by atoms with Crippen LogP contribution in [0.4, 0.5) is 10.9 Å². The van der Waals surface area contributed by atoms with E-state index in [1.165, 1.54) is 30.6 Å². The molecule has 3 N–H and O–H groups in total. The zero-order valence-electron chi connectivity index (χ0n) is 11.5. The highest BCUT2D eigenvalue weighted by Gasteiger charge is 2.20. The van der Waals surface area contributed by atoms with E-state index in [4.69, 9.17) is 12.2 Å². The van der Waals surface area contributed by atoms with Gasteiger partial charge in [-0.25, -0.2) is 4.98 Å². The first kappa shape index (κ1) is 14.7. The van der Waals surface area contributed by atoms with Gasteiger partial charge in [0.05, 0.1) is 0 Å². The van der Waals surface area contributed by atoms with Crippen LogP contribution in [0, 0.1) is 12.3 Å². The number of terminal acetylenes is 1. The topological polar surface area (TPSA) is 71.2 Å². The van der Waals surface area contributed by atoms with Crippen molar-refractivity contribution in [1.82, 2.24) is 10.3 Å². The molecule has 0 bridgehead atoms. The molecule has 0 saturated carbocycles. The molecule has 1 fully saturated rings. The number of carbonyl (C=O) groups is 1. The zero-order valence-corrected chi connectivity index (χ0v) is 12.3. The minimum absolute atomic E-state index is 0.153. The van der Waals surface area contributed by atoms with Gasteiger partial charge in [-0.15, -0.1) is 12.3 Å². The van der Waals surface area contributed by atoms with Crippen molar-refractivity contribution in [3.8, 4) is 12.3 Å². The summed E-state index contributed by atoms with van der Waals surface area (Å²) in [6.07, 6.45) is 10.2. The molecule has 1 aromatic rings. The molecule has 5 nitrogen and oxygen atoms in total. The van der Waals surface area contributed by atoms with E-state index < -0.39 is 0 Å². The lowest BCUT2D eigenvalue weighted by Gasteiger charge is -2.25. The Hall–Kier alpha value is -1.74. The first-order chi connectivity index (χ1) is 9.72. The molecule has 2 rings (SSSR count). The fourth-order valence-corrected chi connectivity index (χ4v) is 3.13. The van der Waals surface area contributed by atoms with E-state index in [1.54, 1.807) is 0 Å². The van der Waals surface area contributed by atoms with Crippen LogP contribution in [0.2, 0.25) is 0 Å². The summed E-state index contributed by atoms with van der Waals surface area (Å²) in [5, 5.41) is 3.69. The van der Waals surface area contributed by atoms with E-state index in [9.17, 15) is 4.79 Å². The molecule has 0 radical (unpaired) electrons. The highest BCUT2D eigenvalue weighted by atomic mass is 32.1. The molecular weight excluding hydrogens is 272 g/mol. The number of thiazole rings is 1. The number of piperidine rings is 1. The maximum atomic E-state index is 12.0. The molecule has 1 aromatic heterocycles. The highest BCUT2D eigenvalue weighted by Crippen LogP contribution is 2.29. The first-order valence-electron chi connectivity index (χ1n) is 6.95. The van der Waals surface area contributed by atoms with Crippen LogP contribution in [-0.4, -0.2) is 30.5 Å². The Morgan fingerprint density at radius 3 is 2.90 bits per heavy atom. The summed E-state index contributed by atoms with van der Waals surface area (Å²) in [6, 6.07) is 0. The standard InChI is InChI=1S/C14H20N4OS/c1-2-3-5-8-16-13(19)11-12(15)17-14(20-11)18-9-6-4-7-10-18/h1H,3-10,15H2,(H,16,19). The fourth-order valence-electron chi connectivity index (χ4n) is 2.18. The number of nitrogens with zero attached hydrogens (tertiary/aromatic N) is 2. The Balaban J connectivity index is 1.96. The molecule has 1 saturated heterocycles. The van der Waals surface area contributed by atoms with Gasteiger partial charge in [0.2, 0.25) is 0 Å². The molecule has 0 atom stereocenters. The number of carbonyl (C=O) groups excluding carboxylic acids is 1. The van der Waals surface area contributed by atoms with Gasteiger partial charge in [-0.3, -0.25) is 4.79 Å². The number of rotatable bonds is 5. The minimum Gasteiger partial charge on any atom is -0.382 e. The average Bonchev–Trinajstić information content (AvgIpc) is 2.86. The van der Waals surface area contributed by atoms with Gasteiger partial charge in [0.25, 0.3) is 5.91 Å². The fraction of sp³-hybridized carbons (Fsp3) is 0.571. The molecule has 1 aliphatic rings. The Labute approximate surface area is 123 Å². The largest absolute Gasteiger partial charge is 0.382 e. The van der Waals surface area contributed by atoms with Gasteiger partial charge < -0.3 is 16.0 Å². The maximum Gasteiger partial charge on any atom is 0.265 e. The zero-order chi connectivity index (χ0) is 14.4. The third kappa shape index (κ3) is 3.64. The quantitative estimate of drug-likeness (QED) is 0.642. The van der Waals surface area contributed by atoms with Gasteiger partial charge in [-0.1, -0.05) is 11.3 Å². The van der Waals surface area contributed by atoms with E-state index in [1.807, 2.05) is 0 Å². The van der Waals surface area contributed by atoms with Crippen LogP contribution in [0.1, 0.15) is 41.8 Å². The van der Waals surface area contributed by atoms with Gasteiger partial charge in [-0.2, -0.15) is 0 Å². The number of unbranched alkanes of at least 4 members (excludes halogenated alkanes) is 1. The number of nitrogens with two attached hydrogens (primary N) is 1. The monoisotopic (exact) mass is 292 g/mol. The second-order valence-corrected chi connectivity index (χ2v) is 5.80. The highest BCUT2D eigenvalue weighted by molar-refractivity contribution is 7.18. The summed E-state index contributed by atoms with van der Waals surface area (Å²) in [6.45, 7) is 2.56. The molecule has 6 heteroatoms. The van der Waals surface area contributed by atoms with Crippen molar-refractivity contribution in [1.29, 1.82) is 0 Å². The lowest BCUT2D eigenvalue weighted by Crippen LogP contribution is -2.29. The molecule has 108 valence electrons. The number of amides is 1. The van der Waals surface area contributed by atoms with Gasteiger partial charge in [0.15, 0.2) is 5.13 Å². The Morgan fingerprint density at radius 2 is 2.20 bits per heavy atom. The number of anilines is 2. The summed E-state index contributed by atoms with van der Waals surface area (Å²) in [5.41, 5.74) is 5.86. The van der Waals surface area contributed by atoms with Crippen LogP contribution >= 0.6 is 11.3 Å². The second kappa shape index (κ2) is 7.15. The summed E-state index contributed by atoms with van der Waals surface area (Å²) >= 11 is 1.38. The van der Waals surface area contributed by atoms with Gasteiger partial charge in [0.1, 0.15) is 10.7 Å². The van der Waals surface area contributed by atoms with E-state index in [0.29, 0.717) is 23.7 Å². The van der Waals surface area contributed by atoms with Crippen LogP contribution in [0.3, 0.4) is 0 Å². The van der Waals surface area contributed by atoms with Gasteiger partial charge >= 0.3 is 0 Å². The van der Waals surface area contributed by atoms with E-state index in [0.717, 1.165) is 24.6 Å². The molecule has 0 aliphatic carbocycles. The average molecular weight is 292 g/mol. The normalized spacial score (nSPS) is 14.8. The number of nitrogens with one attached hydrogen (secondary N) is 1. The van der Waals surface area contributed by atoms with Crippen molar-refractivity contribution in [2.45, 2.75) is 32.1 Å². The van der Waals surface area contributed by atoms with E-state index >= 15 is 0 Å². The summed E-state index contributed by atoms with van der Waals surface area (Å²) in [4.78, 5) is 19.1. The molecule has 1 aliphatic heterocycles. The summed E-state index contributed by atoms with van der Waals surface area (Å²) < 4.78 is 0. The number of nitrogen functional groups attached to an aromatic ring is 1. The predicted molar refractivity (Wildman–Crippen MR) is 83.0 cm³/mol. The van der Waals surface area contributed by atoms with Gasteiger partial charge in [-0.05, 0) is 25.7 Å². The van der Waals surface area contributed by atoms with Crippen LogP contribution in [0.5, 0.6) is 0 Å². The Morgan fingerprint density at radius 1 is 1.45 bits per heavy atom. The smallest absolute Gasteiger partial charge is 0.265 e. The van der Waals surface area contributed by atoms with E-state index in [2.05, 4.69) is 21.1 Å². The van der Waals surface area contributed by atoms with Crippen LogP contribution in [-0.2, 0) is 0 Å². The van der Waals surface area contributed by atoms with Crippen LogP contribution < -0.4 is 16.0 Å². The molecular formula is C14H20N4OS. The summed E-state index contributed by atoms with van der Waals surface area (Å²) in [5.74, 6) is 2.72. The lowest BCUT2D eigenvalue weighted by molar-refractivity contribution is 0.0958. The van der Waals surface area contributed by atoms with Crippen molar-refractivity contribution in [2.24, 2.45) is 0 Å². The second-order valence-electron chi connectivity index (χ2n) is 4.82. The van der Waals surface area contributed by atoms with Crippen molar-refractivity contribution >= 4 is 28.2 Å². The molecule has 0 unspecified atom stereocenters. The Kier molecular flexibility index (Phi) is 5.24. The summed E-state index contributed by atoms with van der Waals surface area (Å²) in [7, 11) is 0. The molecule has 2 heterocycles. The minimum atomic E-state index is -0.153. The first-order valence-corrected chi connectivity index (χ1v) is 7.77. The van der Waals surface area contributed by atoms with Crippen LogP contribution in [0.15, 0.2) is 0 Å². The third-order valence-electron chi connectivity index (χ3n) is 3.26. The SMILES string of the molecule is C#CCCCNC(=O)c1sc(N2CCCCC2)nc1N. The van der Waals surface area contributed by atoms with Gasteiger partial charge in [0, 0.05) is 26.1 Å². The molecule has 1 amide bonds. The predicted octanol–water partition coefficient (Wildman–Crippen LogP) is 1.86. The molecule has 20 heavy (non-hydrogen) atoms. The number of aromatic nitrogens is 1. The van der Waals surface area contributed by atoms with Crippen molar-refractivity contribution < 1.29 is 4.79 Å².